The monoisotopic (exact) mass is 729 g/mol. The minimum atomic E-state index is -2.24. The summed E-state index contributed by atoms with van der Waals surface area (Å²) in [6.07, 6.45) is 2.90. The van der Waals surface area contributed by atoms with Crippen molar-refractivity contribution in [2.24, 2.45) is 0 Å². The number of anilines is 3. The molecule has 0 radical (unpaired) electrons. The minimum Gasteiger partial charge on any atom is -0.491 e. The summed E-state index contributed by atoms with van der Waals surface area (Å²) in [7, 11) is -0.582. The van der Waals surface area contributed by atoms with Crippen molar-refractivity contribution in [2.45, 2.75) is 124 Å². The van der Waals surface area contributed by atoms with Gasteiger partial charge in [-0.25, -0.2) is 19.6 Å². The first-order valence-electron chi connectivity index (χ1n) is 17.4. The lowest BCUT2D eigenvalue weighted by Crippen LogP contribution is -2.48. The molecule has 0 fully saturated rings. The van der Waals surface area contributed by atoms with Gasteiger partial charge in [-0.3, -0.25) is 4.90 Å². The van der Waals surface area contributed by atoms with E-state index in [4.69, 9.17) is 35.2 Å². The van der Waals surface area contributed by atoms with Gasteiger partial charge >= 0.3 is 12.2 Å². The van der Waals surface area contributed by atoms with E-state index in [-0.39, 0.29) is 11.1 Å². The quantitative estimate of drug-likeness (QED) is 0.291. The van der Waals surface area contributed by atoms with Crippen molar-refractivity contribution in [3.05, 3.63) is 40.2 Å². The zero-order valence-electron chi connectivity index (χ0n) is 32.2. The molecule has 2 aliphatic rings. The number of hydrogen-bond acceptors (Lipinski definition) is 9. The summed E-state index contributed by atoms with van der Waals surface area (Å²) in [5.74, 6) is 1.54. The number of halogens is 1. The zero-order chi connectivity index (χ0) is 37.4. The maximum atomic E-state index is 13.4. The van der Waals surface area contributed by atoms with Gasteiger partial charge in [0.15, 0.2) is 14.1 Å². The zero-order valence-corrected chi connectivity index (χ0v) is 33.9. The average molecular weight is 730 g/mol. The fraction of sp³-hybridized carbons (Fsp3) is 0.622. The van der Waals surface area contributed by atoms with Gasteiger partial charge in [-0.15, -0.1) is 0 Å². The summed E-state index contributed by atoms with van der Waals surface area (Å²) in [6.45, 7) is 25.2. The van der Waals surface area contributed by atoms with Crippen molar-refractivity contribution in [3.8, 4) is 5.75 Å². The predicted octanol–water partition coefficient (Wildman–Crippen LogP) is 9.29. The van der Waals surface area contributed by atoms with Gasteiger partial charge in [-0.05, 0) is 97.5 Å². The van der Waals surface area contributed by atoms with Crippen LogP contribution < -0.4 is 15.0 Å². The third-order valence-corrected chi connectivity index (χ3v) is 13.8. The largest absolute Gasteiger partial charge is 0.491 e. The Morgan fingerprint density at radius 2 is 1.70 bits per heavy atom. The molecule has 2 amide bonds. The highest BCUT2D eigenvalue weighted by Gasteiger charge is 2.41. The van der Waals surface area contributed by atoms with Crippen molar-refractivity contribution in [1.29, 1.82) is 0 Å². The Labute approximate surface area is 304 Å². The number of hydrogen-bond donors (Lipinski definition) is 1. The standard InChI is InChI=1S/C37H56ClN5O6Si/c1-23-19-25(42(11)33(44)47-35(2,3)4)21-28(39-23)41-32-30(38)29(31-27(40-32)15-14-18-46-31)24-16-17-43(34(45)48-36(5,6)7)22-26(20-24)49-50(12,13)37(8,9)10/h16,19,21,26H,14-15,17-18,20,22H2,1-13H3,(H,39,40,41). The topological polar surface area (TPSA) is 115 Å². The molecule has 2 aromatic heterocycles. The van der Waals surface area contributed by atoms with E-state index in [1.807, 2.05) is 60.6 Å². The molecular weight excluding hydrogens is 674 g/mol. The number of rotatable bonds is 6. The Kier molecular flexibility index (Phi) is 11.6. The number of ether oxygens (including phenoxy) is 3. The lowest BCUT2D eigenvalue weighted by atomic mass is 9.97. The predicted molar refractivity (Wildman–Crippen MR) is 202 cm³/mol. The smallest absolute Gasteiger partial charge is 0.414 e. The van der Waals surface area contributed by atoms with Crippen molar-refractivity contribution in [1.82, 2.24) is 14.9 Å². The Morgan fingerprint density at radius 3 is 2.32 bits per heavy atom. The third-order valence-electron chi connectivity index (χ3n) is 8.88. The summed E-state index contributed by atoms with van der Waals surface area (Å²) in [5.41, 5.74) is 2.44. The number of fused-ring (bicyclic) bond motifs is 1. The molecule has 0 aliphatic carbocycles. The first-order chi connectivity index (χ1) is 22.9. The molecule has 1 N–H and O–H groups in total. The first-order valence-corrected chi connectivity index (χ1v) is 20.7. The molecule has 2 aromatic rings. The van der Waals surface area contributed by atoms with Crippen LogP contribution >= 0.6 is 11.6 Å². The second-order valence-corrected chi connectivity index (χ2v) is 21.8. The van der Waals surface area contributed by atoms with E-state index >= 15 is 0 Å². The third kappa shape index (κ3) is 9.91. The van der Waals surface area contributed by atoms with Crippen LogP contribution in [0.2, 0.25) is 23.2 Å². The second-order valence-electron chi connectivity index (χ2n) is 16.7. The molecule has 0 saturated heterocycles. The number of nitrogens with zero attached hydrogens (tertiary/aromatic N) is 4. The van der Waals surface area contributed by atoms with E-state index in [9.17, 15) is 9.59 Å². The van der Waals surface area contributed by atoms with E-state index in [2.05, 4.69) is 44.2 Å². The van der Waals surface area contributed by atoms with Crippen LogP contribution in [0.1, 0.15) is 92.1 Å². The normalized spacial score (nSPS) is 17.2. The number of aryl methyl sites for hydroxylation is 2. The van der Waals surface area contributed by atoms with Crippen molar-refractivity contribution in [3.63, 3.8) is 0 Å². The van der Waals surface area contributed by atoms with Crippen LogP contribution in [-0.2, 0) is 20.3 Å². The summed E-state index contributed by atoms with van der Waals surface area (Å²) in [6, 6.07) is 3.57. The van der Waals surface area contributed by atoms with Crippen LogP contribution in [0.4, 0.5) is 26.9 Å². The Morgan fingerprint density at radius 1 is 1.04 bits per heavy atom. The highest BCUT2D eigenvalue weighted by atomic mass is 35.5. The molecule has 13 heteroatoms. The lowest BCUT2D eigenvalue weighted by Gasteiger charge is -2.40. The molecule has 0 bridgehead atoms. The lowest BCUT2D eigenvalue weighted by molar-refractivity contribution is 0.0195. The number of amides is 2. The van der Waals surface area contributed by atoms with Gasteiger partial charge in [-0.1, -0.05) is 38.4 Å². The van der Waals surface area contributed by atoms with Gasteiger partial charge in [0.1, 0.15) is 22.8 Å². The molecule has 11 nitrogen and oxygen atoms in total. The molecule has 276 valence electrons. The molecular formula is C37H56ClN5O6Si. The van der Waals surface area contributed by atoms with Gasteiger partial charge in [0.25, 0.3) is 0 Å². The van der Waals surface area contributed by atoms with Crippen LogP contribution in [-0.4, -0.2) is 79.4 Å². The molecule has 0 spiro atoms. The van der Waals surface area contributed by atoms with Crippen molar-refractivity contribution >= 4 is 55.0 Å². The summed E-state index contributed by atoms with van der Waals surface area (Å²) >= 11 is 7.29. The molecule has 2 aliphatic heterocycles. The van der Waals surface area contributed by atoms with E-state index in [1.165, 1.54) is 4.90 Å². The molecule has 1 unspecified atom stereocenters. The van der Waals surface area contributed by atoms with Gasteiger partial charge in [-0.2, -0.15) is 0 Å². The average Bonchev–Trinajstić information content (AvgIpc) is 3.16. The van der Waals surface area contributed by atoms with Gasteiger partial charge in [0.05, 0.1) is 29.1 Å². The SMILES string of the molecule is Cc1cc(N(C)C(=O)OC(C)(C)C)cc(Nc2nc3c(c(C4=CCN(C(=O)OC(C)(C)C)CC(O[Si](C)(C)C(C)(C)C)C4)c2Cl)OCCC3)n1. The summed E-state index contributed by atoms with van der Waals surface area (Å²) in [5, 5.41) is 3.68. The fourth-order valence-electron chi connectivity index (χ4n) is 5.46. The van der Waals surface area contributed by atoms with E-state index in [1.54, 1.807) is 18.0 Å². The van der Waals surface area contributed by atoms with E-state index in [0.29, 0.717) is 66.3 Å². The Balaban J connectivity index is 1.77. The van der Waals surface area contributed by atoms with E-state index < -0.39 is 31.7 Å². The van der Waals surface area contributed by atoms with Crippen LogP contribution in [0.25, 0.3) is 5.57 Å². The van der Waals surface area contributed by atoms with Gasteiger partial charge < -0.3 is 28.9 Å². The Hall–Kier alpha value is -3.35. The van der Waals surface area contributed by atoms with Gasteiger partial charge in [0.2, 0.25) is 0 Å². The van der Waals surface area contributed by atoms with Crippen LogP contribution in [0.5, 0.6) is 5.75 Å². The van der Waals surface area contributed by atoms with Crippen molar-refractivity contribution in [2.75, 3.05) is 37.0 Å². The Bertz CT molecular complexity index is 1630. The summed E-state index contributed by atoms with van der Waals surface area (Å²) in [4.78, 5) is 39.0. The number of pyridine rings is 2. The number of carbonyl (C=O) groups is 2. The summed E-state index contributed by atoms with van der Waals surface area (Å²) < 4.78 is 24.6. The van der Waals surface area contributed by atoms with Crippen LogP contribution in [0.3, 0.4) is 0 Å². The molecule has 0 saturated carbocycles. The first kappa shape index (κ1) is 39.4. The van der Waals surface area contributed by atoms with E-state index in [0.717, 1.165) is 23.3 Å². The maximum absolute atomic E-state index is 13.4. The highest BCUT2D eigenvalue weighted by Crippen LogP contribution is 2.45. The molecule has 0 aromatic carbocycles. The van der Waals surface area contributed by atoms with Gasteiger partial charge in [0, 0.05) is 37.5 Å². The number of carbonyl (C=O) groups excluding carboxylic acids is 2. The maximum Gasteiger partial charge on any atom is 0.414 e. The second kappa shape index (κ2) is 14.7. The fourth-order valence-corrected chi connectivity index (χ4v) is 7.10. The number of aromatic nitrogens is 2. The minimum absolute atomic E-state index is 0.0369. The molecule has 50 heavy (non-hydrogen) atoms. The molecule has 1 atom stereocenters. The highest BCUT2D eigenvalue weighted by molar-refractivity contribution is 6.74. The van der Waals surface area contributed by atoms with Crippen LogP contribution in [0.15, 0.2) is 18.2 Å². The number of nitrogens with one attached hydrogen (secondary N) is 1. The van der Waals surface area contributed by atoms with Crippen LogP contribution in [0, 0.1) is 6.92 Å². The van der Waals surface area contributed by atoms with Crippen molar-refractivity contribution < 1.29 is 28.2 Å². The molecule has 4 heterocycles. The molecule has 4 rings (SSSR count).